The van der Waals surface area contributed by atoms with E-state index < -0.39 is 23.9 Å². The van der Waals surface area contributed by atoms with Crippen LogP contribution in [0.15, 0.2) is 18.2 Å². The lowest BCUT2D eigenvalue weighted by Crippen LogP contribution is -2.42. The lowest BCUT2D eigenvalue weighted by atomic mass is 10.2. The minimum atomic E-state index is -0.985. The van der Waals surface area contributed by atoms with Crippen LogP contribution in [0.1, 0.15) is 20.3 Å². The third kappa shape index (κ3) is 4.38. The molecular formula is C13H16ClFN2O3. The molecule has 5 nitrogen and oxygen atoms in total. The molecule has 0 aliphatic rings. The number of anilines is 1. The van der Waals surface area contributed by atoms with Crippen molar-refractivity contribution in [3.63, 3.8) is 0 Å². The van der Waals surface area contributed by atoms with Crippen molar-refractivity contribution in [1.29, 1.82) is 0 Å². The summed E-state index contributed by atoms with van der Waals surface area (Å²) in [6.07, 6.45) is -0.157. The smallest absolute Gasteiger partial charge is 0.322 e. The second-order valence-corrected chi connectivity index (χ2v) is 4.70. The van der Waals surface area contributed by atoms with Crippen molar-refractivity contribution in [3.05, 3.63) is 29.0 Å². The van der Waals surface area contributed by atoms with Crippen molar-refractivity contribution in [2.45, 2.75) is 26.3 Å². The Hall–Kier alpha value is -1.82. The number of amides is 2. The first-order valence-electron chi connectivity index (χ1n) is 6.09. The van der Waals surface area contributed by atoms with Gasteiger partial charge in [0, 0.05) is 18.3 Å². The van der Waals surface area contributed by atoms with E-state index in [0.29, 0.717) is 6.54 Å². The second kappa shape index (κ2) is 7.09. The fourth-order valence-electron chi connectivity index (χ4n) is 1.79. The van der Waals surface area contributed by atoms with Crippen LogP contribution in [-0.2, 0) is 4.79 Å². The number of rotatable bonds is 5. The molecule has 1 atom stereocenters. The van der Waals surface area contributed by atoms with Crippen LogP contribution in [0.4, 0.5) is 14.9 Å². The van der Waals surface area contributed by atoms with Gasteiger partial charge in [0.2, 0.25) is 0 Å². The average molecular weight is 303 g/mol. The molecule has 0 aliphatic heterocycles. The maximum absolute atomic E-state index is 13.3. The summed E-state index contributed by atoms with van der Waals surface area (Å²) in [5.41, 5.74) is 0.262. The quantitative estimate of drug-likeness (QED) is 0.877. The molecule has 0 aromatic heterocycles. The van der Waals surface area contributed by atoms with Crippen LogP contribution in [0.25, 0.3) is 0 Å². The number of carboxylic acid groups (broad SMARTS) is 1. The van der Waals surface area contributed by atoms with E-state index in [2.05, 4.69) is 5.32 Å². The molecule has 0 heterocycles. The van der Waals surface area contributed by atoms with Crippen LogP contribution in [0, 0.1) is 5.82 Å². The van der Waals surface area contributed by atoms with Crippen molar-refractivity contribution >= 4 is 29.3 Å². The van der Waals surface area contributed by atoms with Crippen molar-refractivity contribution in [3.8, 4) is 0 Å². The van der Waals surface area contributed by atoms with Gasteiger partial charge in [0.25, 0.3) is 0 Å². The number of hydrogen-bond donors (Lipinski definition) is 2. The van der Waals surface area contributed by atoms with Crippen LogP contribution in [0.3, 0.4) is 0 Å². The Kier molecular flexibility index (Phi) is 5.76. The zero-order valence-electron chi connectivity index (χ0n) is 11.2. The first-order chi connectivity index (χ1) is 9.35. The monoisotopic (exact) mass is 302 g/mol. The van der Waals surface area contributed by atoms with E-state index in [1.54, 1.807) is 13.8 Å². The third-order valence-electron chi connectivity index (χ3n) is 2.77. The average Bonchev–Trinajstić information content (AvgIpc) is 2.33. The lowest BCUT2D eigenvalue weighted by Gasteiger charge is -2.27. The Morgan fingerprint density at radius 1 is 1.50 bits per heavy atom. The molecule has 0 spiro atoms. The van der Waals surface area contributed by atoms with Crippen molar-refractivity contribution < 1.29 is 19.1 Å². The number of hydrogen-bond acceptors (Lipinski definition) is 2. The van der Waals surface area contributed by atoms with E-state index in [-0.39, 0.29) is 17.1 Å². The zero-order chi connectivity index (χ0) is 15.3. The molecule has 0 fully saturated rings. The minimum Gasteiger partial charge on any atom is -0.481 e. The number of carbonyl (C=O) groups is 2. The van der Waals surface area contributed by atoms with Gasteiger partial charge in [-0.1, -0.05) is 11.6 Å². The molecule has 0 saturated carbocycles. The van der Waals surface area contributed by atoms with Crippen molar-refractivity contribution in [2.75, 3.05) is 11.9 Å². The van der Waals surface area contributed by atoms with Crippen LogP contribution >= 0.6 is 11.6 Å². The summed E-state index contributed by atoms with van der Waals surface area (Å²) in [6, 6.07) is 2.97. The predicted molar refractivity (Wildman–Crippen MR) is 74.5 cm³/mol. The molecule has 1 unspecified atom stereocenters. The van der Waals surface area contributed by atoms with Crippen molar-refractivity contribution in [2.24, 2.45) is 0 Å². The summed E-state index contributed by atoms with van der Waals surface area (Å²) in [5, 5.41) is 11.2. The number of carboxylic acids is 1. The van der Waals surface area contributed by atoms with Gasteiger partial charge in [-0.3, -0.25) is 4.79 Å². The van der Waals surface area contributed by atoms with Gasteiger partial charge in [0.05, 0.1) is 11.4 Å². The topological polar surface area (TPSA) is 69.6 Å². The standard InChI is InChI=1S/C13H16ClFN2O3/c1-3-17(8(2)6-12(18)19)13(20)16-9-4-5-10(14)11(15)7-9/h4-5,7-8H,3,6H2,1-2H3,(H,16,20)(H,18,19). The molecule has 0 aliphatic carbocycles. The highest BCUT2D eigenvalue weighted by Gasteiger charge is 2.20. The van der Waals surface area contributed by atoms with Gasteiger partial charge in [-0.25, -0.2) is 9.18 Å². The number of nitrogens with zero attached hydrogens (tertiary/aromatic N) is 1. The van der Waals surface area contributed by atoms with Gasteiger partial charge in [-0.05, 0) is 32.0 Å². The van der Waals surface area contributed by atoms with E-state index in [0.717, 1.165) is 6.07 Å². The molecule has 2 N–H and O–H groups in total. The van der Waals surface area contributed by atoms with Gasteiger partial charge in [0.15, 0.2) is 0 Å². The molecule has 1 aromatic rings. The Morgan fingerprint density at radius 2 is 2.15 bits per heavy atom. The molecule has 2 amide bonds. The van der Waals surface area contributed by atoms with E-state index in [1.165, 1.54) is 17.0 Å². The summed E-state index contributed by atoms with van der Waals surface area (Å²) in [5.74, 6) is -1.62. The number of halogens is 2. The number of aliphatic carboxylic acids is 1. The first kappa shape index (κ1) is 16.2. The number of benzene rings is 1. The molecule has 7 heteroatoms. The molecule has 20 heavy (non-hydrogen) atoms. The molecule has 0 bridgehead atoms. The molecule has 0 saturated heterocycles. The van der Waals surface area contributed by atoms with Crippen LogP contribution in [0.2, 0.25) is 5.02 Å². The Labute approximate surface area is 121 Å². The Morgan fingerprint density at radius 3 is 2.65 bits per heavy atom. The molecule has 0 radical (unpaired) electrons. The van der Waals surface area contributed by atoms with Gasteiger partial charge >= 0.3 is 12.0 Å². The maximum Gasteiger partial charge on any atom is 0.322 e. The molecular weight excluding hydrogens is 287 g/mol. The summed E-state index contributed by atoms with van der Waals surface area (Å²) >= 11 is 5.55. The lowest BCUT2D eigenvalue weighted by molar-refractivity contribution is -0.137. The Balaban J connectivity index is 2.76. The SMILES string of the molecule is CCN(C(=O)Nc1ccc(Cl)c(F)c1)C(C)CC(=O)O. The van der Waals surface area contributed by atoms with Crippen LogP contribution in [0.5, 0.6) is 0 Å². The van der Waals surface area contributed by atoms with Crippen LogP contribution in [-0.4, -0.2) is 34.6 Å². The normalized spacial score (nSPS) is 11.8. The van der Waals surface area contributed by atoms with Gasteiger partial charge in [-0.15, -0.1) is 0 Å². The summed E-state index contributed by atoms with van der Waals surface area (Å²) in [4.78, 5) is 24.1. The van der Waals surface area contributed by atoms with Crippen LogP contribution < -0.4 is 5.32 Å². The largest absolute Gasteiger partial charge is 0.481 e. The Bertz CT molecular complexity index is 510. The predicted octanol–water partition coefficient (Wildman–Crippen LogP) is 3.20. The fourth-order valence-corrected chi connectivity index (χ4v) is 1.91. The highest BCUT2D eigenvalue weighted by atomic mass is 35.5. The van der Waals surface area contributed by atoms with E-state index >= 15 is 0 Å². The van der Waals surface area contributed by atoms with Gasteiger partial charge in [-0.2, -0.15) is 0 Å². The van der Waals surface area contributed by atoms with E-state index in [9.17, 15) is 14.0 Å². The van der Waals surface area contributed by atoms with Gasteiger partial charge in [0.1, 0.15) is 5.82 Å². The van der Waals surface area contributed by atoms with E-state index in [4.69, 9.17) is 16.7 Å². The molecule has 1 rings (SSSR count). The summed E-state index contributed by atoms with van der Waals surface area (Å²) in [7, 11) is 0. The summed E-state index contributed by atoms with van der Waals surface area (Å²) < 4.78 is 13.3. The zero-order valence-corrected chi connectivity index (χ0v) is 11.9. The highest BCUT2D eigenvalue weighted by molar-refractivity contribution is 6.30. The first-order valence-corrected chi connectivity index (χ1v) is 6.47. The maximum atomic E-state index is 13.3. The fraction of sp³-hybridized carbons (Fsp3) is 0.385. The number of nitrogens with one attached hydrogen (secondary N) is 1. The van der Waals surface area contributed by atoms with Gasteiger partial charge < -0.3 is 15.3 Å². The molecule has 110 valence electrons. The number of carbonyl (C=O) groups excluding carboxylic acids is 1. The third-order valence-corrected chi connectivity index (χ3v) is 3.08. The minimum absolute atomic E-state index is 0.0328. The second-order valence-electron chi connectivity index (χ2n) is 4.29. The summed E-state index contributed by atoms with van der Waals surface area (Å²) in [6.45, 7) is 3.72. The molecule has 1 aromatic carbocycles. The van der Waals surface area contributed by atoms with Crippen molar-refractivity contribution in [1.82, 2.24) is 4.90 Å². The van der Waals surface area contributed by atoms with E-state index in [1.807, 2.05) is 0 Å². The number of urea groups is 1. The highest BCUT2D eigenvalue weighted by Crippen LogP contribution is 2.19.